The number of carbonyl (C=O) groups excluding carboxylic acids is 1. The molecule has 2 aromatic carbocycles. The molecular weight excluding hydrogens is 332 g/mol. The average Bonchev–Trinajstić information content (AvgIpc) is 2.70. The third kappa shape index (κ3) is 6.80. The van der Waals surface area contributed by atoms with E-state index in [9.17, 15) is 4.79 Å². The highest BCUT2D eigenvalue weighted by molar-refractivity contribution is 7.97. The van der Waals surface area contributed by atoms with Crippen LogP contribution in [0.25, 0.3) is 0 Å². The molecule has 4 nitrogen and oxygen atoms in total. The first kappa shape index (κ1) is 19.3. The van der Waals surface area contributed by atoms with E-state index in [1.807, 2.05) is 54.6 Å². The Labute approximate surface area is 154 Å². The van der Waals surface area contributed by atoms with E-state index in [0.717, 1.165) is 29.2 Å². The number of nitrogens with one attached hydrogen (secondary N) is 1. The number of anilines is 1. The Hall–Kier alpha value is -1.98. The molecule has 1 fully saturated rings. The minimum Gasteiger partial charge on any atom is -0.497 e. The number of hydrogen-bond donors (Lipinski definition) is 2. The molecule has 0 aromatic heterocycles. The number of ether oxygens (including phenoxy) is 1. The van der Waals surface area contributed by atoms with Gasteiger partial charge in [0.05, 0.1) is 7.11 Å². The van der Waals surface area contributed by atoms with Gasteiger partial charge in [-0.15, -0.1) is 0 Å². The van der Waals surface area contributed by atoms with Crippen LogP contribution in [0.3, 0.4) is 0 Å². The largest absolute Gasteiger partial charge is 0.497 e. The second-order valence-electron chi connectivity index (χ2n) is 5.99. The van der Waals surface area contributed by atoms with Crippen molar-refractivity contribution in [3.05, 3.63) is 54.6 Å². The van der Waals surface area contributed by atoms with Crippen molar-refractivity contribution in [2.45, 2.75) is 37.0 Å². The predicted octanol–water partition coefficient (Wildman–Crippen LogP) is 4.87. The van der Waals surface area contributed by atoms with Crippen LogP contribution in [0.5, 0.6) is 5.75 Å². The van der Waals surface area contributed by atoms with Crippen molar-refractivity contribution in [1.82, 2.24) is 0 Å². The van der Waals surface area contributed by atoms with Crippen LogP contribution in [-0.4, -0.2) is 13.0 Å². The lowest BCUT2D eigenvalue weighted by atomic mass is 9.88. The molecule has 3 rings (SSSR count). The Kier molecular flexibility index (Phi) is 8.35. The van der Waals surface area contributed by atoms with Crippen LogP contribution >= 0.6 is 11.9 Å². The van der Waals surface area contributed by atoms with E-state index in [4.69, 9.17) is 9.88 Å². The molecule has 134 valence electrons. The number of hydrogen-bond acceptors (Lipinski definition) is 4. The van der Waals surface area contributed by atoms with Gasteiger partial charge in [-0.25, -0.2) is 0 Å². The van der Waals surface area contributed by atoms with Gasteiger partial charge < -0.3 is 10.1 Å². The topological polar surface area (TPSA) is 64.3 Å². The summed E-state index contributed by atoms with van der Waals surface area (Å²) in [6.07, 6.45) is 5.67. The first-order chi connectivity index (χ1) is 12.2. The van der Waals surface area contributed by atoms with Crippen LogP contribution in [0.1, 0.15) is 32.1 Å². The number of rotatable bonds is 4. The minimum absolute atomic E-state index is 0.156. The van der Waals surface area contributed by atoms with E-state index >= 15 is 0 Å². The maximum absolute atomic E-state index is 12.0. The summed E-state index contributed by atoms with van der Waals surface area (Å²) in [6.45, 7) is 0. The lowest BCUT2D eigenvalue weighted by Gasteiger charge is -2.20. The third-order valence-electron chi connectivity index (χ3n) is 4.19. The summed E-state index contributed by atoms with van der Waals surface area (Å²) in [7, 11) is 1.66. The Morgan fingerprint density at radius 1 is 1.08 bits per heavy atom. The van der Waals surface area contributed by atoms with Gasteiger partial charge in [0.15, 0.2) is 0 Å². The van der Waals surface area contributed by atoms with Crippen LogP contribution in [0.4, 0.5) is 5.69 Å². The van der Waals surface area contributed by atoms with Crippen LogP contribution in [-0.2, 0) is 4.79 Å². The molecule has 0 atom stereocenters. The van der Waals surface area contributed by atoms with E-state index in [-0.39, 0.29) is 11.8 Å². The Bertz CT molecular complexity index is 643. The number of para-hydroxylation sites is 1. The highest BCUT2D eigenvalue weighted by Gasteiger charge is 2.20. The predicted molar refractivity (Wildman–Crippen MR) is 105 cm³/mol. The van der Waals surface area contributed by atoms with E-state index in [1.54, 1.807) is 7.11 Å². The molecule has 0 bridgehead atoms. The second-order valence-corrected chi connectivity index (χ2v) is 6.69. The van der Waals surface area contributed by atoms with Crippen LogP contribution in [0, 0.1) is 5.92 Å². The Morgan fingerprint density at radius 3 is 2.40 bits per heavy atom. The number of nitrogens with two attached hydrogens (primary N) is 1. The van der Waals surface area contributed by atoms with Gasteiger partial charge in [0.2, 0.25) is 5.91 Å². The van der Waals surface area contributed by atoms with Crippen molar-refractivity contribution in [2.24, 2.45) is 11.1 Å². The highest BCUT2D eigenvalue weighted by Crippen LogP contribution is 2.25. The van der Waals surface area contributed by atoms with Crippen molar-refractivity contribution in [3.63, 3.8) is 0 Å². The van der Waals surface area contributed by atoms with E-state index in [2.05, 4.69) is 5.32 Å². The number of methoxy groups -OCH3 is 1. The van der Waals surface area contributed by atoms with E-state index in [1.165, 1.54) is 31.2 Å². The van der Waals surface area contributed by atoms with E-state index in [0.29, 0.717) is 0 Å². The monoisotopic (exact) mass is 358 g/mol. The zero-order chi connectivity index (χ0) is 17.9. The number of carbonyl (C=O) groups is 1. The van der Waals surface area contributed by atoms with Gasteiger partial charge in [0.25, 0.3) is 0 Å². The average molecular weight is 359 g/mol. The van der Waals surface area contributed by atoms with Crippen molar-refractivity contribution < 1.29 is 9.53 Å². The van der Waals surface area contributed by atoms with E-state index < -0.39 is 0 Å². The summed E-state index contributed by atoms with van der Waals surface area (Å²) in [5, 5.41) is 8.47. The second kappa shape index (κ2) is 10.8. The number of amides is 1. The molecule has 1 saturated carbocycles. The zero-order valence-corrected chi connectivity index (χ0v) is 15.4. The van der Waals surface area contributed by atoms with Crippen LogP contribution in [0.2, 0.25) is 0 Å². The Morgan fingerprint density at radius 2 is 1.80 bits per heavy atom. The number of benzene rings is 2. The molecule has 1 aliphatic rings. The first-order valence-electron chi connectivity index (χ1n) is 8.59. The summed E-state index contributed by atoms with van der Waals surface area (Å²) >= 11 is 1.19. The molecule has 0 aliphatic heterocycles. The van der Waals surface area contributed by atoms with Gasteiger partial charge in [-0.1, -0.05) is 43.5 Å². The normalized spacial score (nSPS) is 14.2. The summed E-state index contributed by atoms with van der Waals surface area (Å²) in [4.78, 5) is 13.0. The third-order valence-corrected chi connectivity index (χ3v) is 4.72. The molecule has 2 aromatic rings. The van der Waals surface area contributed by atoms with Gasteiger partial charge in [0.1, 0.15) is 5.75 Å². The fourth-order valence-corrected chi connectivity index (χ4v) is 3.16. The van der Waals surface area contributed by atoms with Gasteiger partial charge in [0, 0.05) is 16.5 Å². The quantitative estimate of drug-likeness (QED) is 0.766. The highest BCUT2D eigenvalue weighted by atomic mass is 32.2. The molecule has 0 unspecified atom stereocenters. The molecule has 0 heterocycles. The molecule has 5 heteroatoms. The minimum atomic E-state index is 0.156. The van der Waals surface area contributed by atoms with Gasteiger partial charge in [-0.05, 0) is 55.1 Å². The van der Waals surface area contributed by atoms with Gasteiger partial charge in [-0.2, -0.15) is 0 Å². The zero-order valence-electron chi connectivity index (χ0n) is 14.6. The fourth-order valence-electron chi connectivity index (χ4n) is 2.81. The molecule has 25 heavy (non-hydrogen) atoms. The molecule has 3 N–H and O–H groups in total. The molecular formula is C20H26N2O2S. The van der Waals surface area contributed by atoms with Gasteiger partial charge in [-0.3, -0.25) is 9.93 Å². The molecule has 0 radical (unpaired) electrons. The van der Waals surface area contributed by atoms with Crippen molar-refractivity contribution in [1.29, 1.82) is 0 Å². The maximum atomic E-state index is 12.0. The lowest BCUT2D eigenvalue weighted by molar-refractivity contribution is -0.120. The lowest BCUT2D eigenvalue weighted by Crippen LogP contribution is -2.24. The summed E-state index contributed by atoms with van der Waals surface area (Å²) < 4.78 is 4.91. The van der Waals surface area contributed by atoms with Crippen LogP contribution < -0.4 is 15.2 Å². The fraction of sp³-hybridized carbons (Fsp3) is 0.350. The van der Waals surface area contributed by atoms with Crippen molar-refractivity contribution >= 4 is 23.5 Å². The smallest absolute Gasteiger partial charge is 0.227 e. The summed E-state index contributed by atoms with van der Waals surface area (Å²) in [6, 6.07) is 17.3. The SMILES string of the molecule is COc1ccccc1.NSc1cccc(NC(=O)C2CCCCC2)c1. The summed E-state index contributed by atoms with van der Waals surface area (Å²) in [5.41, 5.74) is 0.844. The Balaban J connectivity index is 0.000000236. The first-order valence-corrected chi connectivity index (χ1v) is 9.47. The molecule has 0 spiro atoms. The van der Waals surface area contributed by atoms with Gasteiger partial charge >= 0.3 is 0 Å². The maximum Gasteiger partial charge on any atom is 0.227 e. The molecule has 1 aliphatic carbocycles. The molecule has 1 amide bonds. The summed E-state index contributed by atoms with van der Waals surface area (Å²) in [5.74, 6) is 1.26. The molecule has 0 saturated heterocycles. The van der Waals surface area contributed by atoms with Crippen LogP contribution in [0.15, 0.2) is 59.5 Å². The van der Waals surface area contributed by atoms with Crippen molar-refractivity contribution in [2.75, 3.05) is 12.4 Å². The standard InChI is InChI=1S/C13H18N2OS.C7H8O/c14-17-12-8-4-7-11(9-12)15-13(16)10-5-2-1-3-6-10;1-8-7-5-3-2-4-6-7/h4,7-10H,1-3,5-6,14H2,(H,15,16);2-6H,1H3. The van der Waals surface area contributed by atoms with Crippen molar-refractivity contribution in [3.8, 4) is 5.75 Å².